The van der Waals surface area contributed by atoms with Gasteiger partial charge in [0.25, 0.3) is 5.91 Å². The normalized spacial score (nSPS) is 11.6. The molecule has 0 saturated carbocycles. The molecule has 4 aromatic rings. The molecular weight excluding hydrogens is 468 g/mol. The highest BCUT2D eigenvalue weighted by molar-refractivity contribution is 5.94. The number of carbonyl (C=O) groups is 2. The van der Waals surface area contributed by atoms with Gasteiger partial charge in [-0.1, -0.05) is 37.3 Å². The summed E-state index contributed by atoms with van der Waals surface area (Å²) >= 11 is 0. The molecule has 0 fully saturated rings. The van der Waals surface area contributed by atoms with Crippen LogP contribution in [0.4, 0.5) is 5.69 Å². The highest BCUT2D eigenvalue weighted by Gasteiger charge is 2.11. The molecule has 0 saturated heterocycles. The van der Waals surface area contributed by atoms with Crippen LogP contribution in [0.3, 0.4) is 0 Å². The van der Waals surface area contributed by atoms with Gasteiger partial charge in [0.1, 0.15) is 0 Å². The number of benzene rings is 3. The highest BCUT2D eigenvalue weighted by Crippen LogP contribution is 2.24. The van der Waals surface area contributed by atoms with Crippen molar-refractivity contribution in [3.8, 4) is 22.9 Å². The highest BCUT2D eigenvalue weighted by atomic mass is 16.4. The first-order chi connectivity index (χ1) is 18.0. The summed E-state index contributed by atoms with van der Waals surface area (Å²) < 4.78 is 5.84. The Labute approximate surface area is 215 Å². The Morgan fingerprint density at radius 1 is 0.892 bits per heavy atom. The lowest BCUT2D eigenvalue weighted by Crippen LogP contribution is -2.25. The number of aliphatic carboxylic acids is 1. The van der Waals surface area contributed by atoms with E-state index in [-0.39, 0.29) is 18.9 Å². The standard InChI is InChI=1S/C29H30N4O4/c1-20(19-31-25-15-13-22(14-16-25)27(36)30-18-17-26(34)35)7-8-21-9-11-24(12-10-21)29-33-32-28(37-29)23-5-3-2-4-6-23/h2-6,9-16,20,31H,7-8,17-19H2,1H3,(H,30,36)(H,34,35). The van der Waals surface area contributed by atoms with E-state index in [0.29, 0.717) is 23.3 Å². The van der Waals surface area contributed by atoms with Crippen molar-refractivity contribution < 1.29 is 19.1 Å². The Hall–Kier alpha value is -4.46. The van der Waals surface area contributed by atoms with Crippen LogP contribution in [0.1, 0.15) is 35.7 Å². The van der Waals surface area contributed by atoms with Crippen molar-refractivity contribution in [2.45, 2.75) is 26.2 Å². The zero-order valence-corrected chi connectivity index (χ0v) is 20.7. The van der Waals surface area contributed by atoms with Crippen molar-refractivity contribution in [2.75, 3.05) is 18.4 Å². The zero-order chi connectivity index (χ0) is 26.0. The van der Waals surface area contributed by atoms with Gasteiger partial charge in [-0.25, -0.2) is 0 Å². The van der Waals surface area contributed by atoms with E-state index in [1.807, 2.05) is 54.6 Å². The Morgan fingerprint density at radius 3 is 2.19 bits per heavy atom. The molecule has 3 aromatic carbocycles. The maximum Gasteiger partial charge on any atom is 0.305 e. The summed E-state index contributed by atoms with van der Waals surface area (Å²) in [5.74, 6) is 0.250. The van der Waals surface area contributed by atoms with Crippen molar-refractivity contribution >= 4 is 17.6 Å². The number of carbonyl (C=O) groups excluding carboxylic acids is 1. The van der Waals surface area contributed by atoms with Gasteiger partial charge in [-0.15, -0.1) is 10.2 Å². The topological polar surface area (TPSA) is 117 Å². The number of hydrogen-bond donors (Lipinski definition) is 3. The summed E-state index contributed by atoms with van der Waals surface area (Å²) in [6, 6.07) is 25.1. The van der Waals surface area contributed by atoms with E-state index in [4.69, 9.17) is 9.52 Å². The first-order valence-electron chi connectivity index (χ1n) is 12.3. The van der Waals surface area contributed by atoms with E-state index >= 15 is 0 Å². The molecule has 0 spiro atoms. The second-order valence-corrected chi connectivity index (χ2v) is 8.98. The Bertz CT molecular complexity index is 1300. The van der Waals surface area contributed by atoms with E-state index in [1.165, 1.54) is 5.56 Å². The molecule has 1 amide bonds. The van der Waals surface area contributed by atoms with Gasteiger partial charge in [-0.05, 0) is 72.9 Å². The van der Waals surface area contributed by atoms with Gasteiger partial charge in [0.15, 0.2) is 0 Å². The Balaban J connectivity index is 1.21. The van der Waals surface area contributed by atoms with E-state index in [1.54, 1.807) is 12.1 Å². The Morgan fingerprint density at radius 2 is 1.54 bits per heavy atom. The van der Waals surface area contributed by atoms with Crippen LogP contribution in [0.2, 0.25) is 0 Å². The molecule has 1 unspecified atom stereocenters. The third kappa shape index (κ3) is 7.51. The first kappa shape index (κ1) is 25.6. The van der Waals surface area contributed by atoms with Crippen molar-refractivity contribution in [3.05, 3.63) is 90.0 Å². The van der Waals surface area contributed by atoms with E-state index in [2.05, 4.69) is 39.9 Å². The second-order valence-electron chi connectivity index (χ2n) is 8.98. The van der Waals surface area contributed by atoms with E-state index in [9.17, 15) is 9.59 Å². The number of carboxylic acids is 1. The van der Waals surface area contributed by atoms with Gasteiger partial charge >= 0.3 is 5.97 Å². The minimum absolute atomic E-state index is 0.0956. The van der Waals surface area contributed by atoms with E-state index < -0.39 is 5.97 Å². The number of carboxylic acid groups (broad SMARTS) is 1. The van der Waals surface area contributed by atoms with Gasteiger partial charge in [0, 0.05) is 35.5 Å². The quantitative estimate of drug-likeness (QED) is 0.243. The summed E-state index contributed by atoms with van der Waals surface area (Å²) in [6.07, 6.45) is 1.88. The summed E-state index contributed by atoms with van der Waals surface area (Å²) in [5, 5.41) is 23.0. The number of anilines is 1. The van der Waals surface area contributed by atoms with E-state index in [0.717, 1.165) is 36.2 Å². The molecule has 1 atom stereocenters. The monoisotopic (exact) mass is 498 g/mol. The van der Waals surface area contributed by atoms with Crippen LogP contribution < -0.4 is 10.6 Å². The number of aromatic nitrogens is 2. The smallest absolute Gasteiger partial charge is 0.305 e. The van der Waals surface area contributed by atoms with Crippen molar-refractivity contribution in [1.29, 1.82) is 0 Å². The van der Waals surface area contributed by atoms with Gasteiger partial charge in [0.2, 0.25) is 11.8 Å². The number of nitrogens with one attached hydrogen (secondary N) is 2. The maximum absolute atomic E-state index is 12.0. The molecule has 0 aliphatic carbocycles. The number of nitrogens with zero attached hydrogens (tertiary/aromatic N) is 2. The third-order valence-corrected chi connectivity index (χ3v) is 6.00. The molecule has 0 aliphatic heterocycles. The lowest BCUT2D eigenvalue weighted by atomic mass is 10.00. The molecular formula is C29H30N4O4. The fourth-order valence-corrected chi connectivity index (χ4v) is 3.78. The molecule has 0 bridgehead atoms. The zero-order valence-electron chi connectivity index (χ0n) is 20.7. The summed E-state index contributed by atoms with van der Waals surface area (Å²) in [5.41, 5.74) is 4.48. The molecule has 8 nitrogen and oxygen atoms in total. The average molecular weight is 499 g/mol. The van der Waals surface area contributed by atoms with Crippen LogP contribution in [0.25, 0.3) is 22.9 Å². The summed E-state index contributed by atoms with van der Waals surface area (Å²) in [6.45, 7) is 3.13. The number of rotatable bonds is 12. The molecule has 8 heteroatoms. The average Bonchev–Trinajstić information content (AvgIpc) is 3.42. The fourth-order valence-electron chi connectivity index (χ4n) is 3.78. The minimum Gasteiger partial charge on any atom is -0.481 e. The molecule has 3 N–H and O–H groups in total. The molecule has 1 aromatic heterocycles. The number of amides is 1. The van der Waals surface area contributed by atoms with Crippen LogP contribution >= 0.6 is 0 Å². The fraction of sp³-hybridized carbons (Fsp3) is 0.241. The molecule has 0 aliphatic rings. The molecule has 0 radical (unpaired) electrons. The predicted octanol–water partition coefficient (Wildman–Crippen LogP) is 5.29. The van der Waals surface area contributed by atoms with Crippen LogP contribution in [-0.2, 0) is 11.2 Å². The molecule has 1 heterocycles. The number of aryl methyl sites for hydroxylation is 1. The minimum atomic E-state index is -0.938. The SMILES string of the molecule is CC(CCc1ccc(-c2nnc(-c3ccccc3)o2)cc1)CNc1ccc(C(=O)NCCC(=O)O)cc1. The predicted molar refractivity (Wildman–Crippen MR) is 142 cm³/mol. The second kappa shape index (κ2) is 12.5. The van der Waals surface area contributed by atoms with Crippen molar-refractivity contribution in [3.63, 3.8) is 0 Å². The van der Waals surface area contributed by atoms with Gasteiger partial charge in [-0.3, -0.25) is 9.59 Å². The lowest BCUT2D eigenvalue weighted by molar-refractivity contribution is -0.136. The maximum atomic E-state index is 12.0. The molecule has 4 rings (SSSR count). The molecule has 37 heavy (non-hydrogen) atoms. The number of hydrogen-bond acceptors (Lipinski definition) is 6. The summed E-state index contributed by atoms with van der Waals surface area (Å²) in [7, 11) is 0. The van der Waals surface area contributed by atoms with Crippen molar-refractivity contribution in [2.24, 2.45) is 5.92 Å². The van der Waals surface area contributed by atoms with Crippen LogP contribution in [0.5, 0.6) is 0 Å². The third-order valence-electron chi connectivity index (χ3n) is 6.00. The van der Waals surface area contributed by atoms with Crippen molar-refractivity contribution in [1.82, 2.24) is 15.5 Å². The summed E-state index contributed by atoms with van der Waals surface area (Å²) in [4.78, 5) is 22.6. The van der Waals surface area contributed by atoms with Crippen LogP contribution in [0, 0.1) is 5.92 Å². The van der Waals surface area contributed by atoms with Crippen LogP contribution in [0.15, 0.2) is 83.3 Å². The van der Waals surface area contributed by atoms with Gasteiger partial charge < -0.3 is 20.2 Å². The first-order valence-corrected chi connectivity index (χ1v) is 12.3. The van der Waals surface area contributed by atoms with Gasteiger partial charge in [-0.2, -0.15) is 0 Å². The molecule has 190 valence electrons. The lowest BCUT2D eigenvalue weighted by Gasteiger charge is -2.14. The van der Waals surface area contributed by atoms with Crippen LogP contribution in [-0.4, -0.2) is 40.3 Å². The Kier molecular flexibility index (Phi) is 8.65. The largest absolute Gasteiger partial charge is 0.481 e. The van der Waals surface area contributed by atoms with Gasteiger partial charge in [0.05, 0.1) is 6.42 Å².